The molecule has 2 aromatic rings. The van der Waals surface area contributed by atoms with E-state index in [0.29, 0.717) is 13.0 Å². The standard InChI is InChI=1S/C21H25NO4/c1-2-3-13-25-20-11-9-17(10-12-20)14-19(15-23)22-21(24)26-16-18-7-5-4-6-8-18/h4-12,15,19H,2-3,13-14,16H2,1H3,(H,22,24)/t19-/m0/s1. The summed E-state index contributed by atoms with van der Waals surface area (Å²) in [5.41, 5.74) is 1.83. The maximum absolute atomic E-state index is 11.9. The van der Waals surface area contributed by atoms with Gasteiger partial charge in [-0.05, 0) is 36.1 Å². The summed E-state index contributed by atoms with van der Waals surface area (Å²) in [6.07, 6.45) is 2.62. The van der Waals surface area contributed by atoms with E-state index < -0.39 is 12.1 Å². The highest BCUT2D eigenvalue weighted by Gasteiger charge is 2.13. The summed E-state index contributed by atoms with van der Waals surface area (Å²) < 4.78 is 10.8. The van der Waals surface area contributed by atoms with Crippen LogP contribution < -0.4 is 10.1 Å². The number of benzene rings is 2. The molecule has 0 saturated heterocycles. The van der Waals surface area contributed by atoms with E-state index in [1.165, 1.54) is 0 Å². The molecule has 0 fully saturated rings. The Morgan fingerprint density at radius 2 is 1.81 bits per heavy atom. The van der Waals surface area contributed by atoms with E-state index in [1.807, 2.05) is 54.6 Å². The predicted octanol–water partition coefficient (Wildman–Crippen LogP) is 3.90. The van der Waals surface area contributed by atoms with Gasteiger partial charge in [0.2, 0.25) is 0 Å². The van der Waals surface area contributed by atoms with Gasteiger partial charge in [-0.3, -0.25) is 0 Å². The fourth-order valence-electron chi connectivity index (χ4n) is 2.36. The quantitative estimate of drug-likeness (QED) is 0.518. The highest BCUT2D eigenvalue weighted by molar-refractivity contribution is 5.73. The minimum absolute atomic E-state index is 0.169. The van der Waals surface area contributed by atoms with Crippen LogP contribution in [0.5, 0.6) is 5.75 Å². The Hall–Kier alpha value is -2.82. The van der Waals surface area contributed by atoms with Gasteiger partial charge in [0, 0.05) is 0 Å². The van der Waals surface area contributed by atoms with Gasteiger partial charge >= 0.3 is 6.09 Å². The lowest BCUT2D eigenvalue weighted by Crippen LogP contribution is -2.37. The Morgan fingerprint density at radius 1 is 1.08 bits per heavy atom. The van der Waals surface area contributed by atoms with Gasteiger partial charge in [-0.1, -0.05) is 55.8 Å². The van der Waals surface area contributed by atoms with Gasteiger partial charge in [0.1, 0.15) is 18.6 Å². The van der Waals surface area contributed by atoms with Crippen molar-refractivity contribution >= 4 is 12.4 Å². The van der Waals surface area contributed by atoms with Gasteiger partial charge in [-0.15, -0.1) is 0 Å². The third-order valence-corrected chi connectivity index (χ3v) is 3.83. The molecule has 0 aliphatic heterocycles. The van der Waals surface area contributed by atoms with E-state index in [2.05, 4.69) is 12.2 Å². The number of rotatable bonds is 10. The first-order valence-electron chi connectivity index (χ1n) is 8.85. The molecule has 26 heavy (non-hydrogen) atoms. The number of unbranched alkanes of at least 4 members (excludes halogenated alkanes) is 1. The first-order valence-corrected chi connectivity index (χ1v) is 8.85. The SMILES string of the molecule is CCCCOc1ccc(C[C@@H](C=O)NC(=O)OCc2ccccc2)cc1. The first-order chi connectivity index (χ1) is 12.7. The maximum atomic E-state index is 11.9. The minimum Gasteiger partial charge on any atom is -0.494 e. The summed E-state index contributed by atoms with van der Waals surface area (Å²) in [5.74, 6) is 0.806. The van der Waals surface area contributed by atoms with Crippen LogP contribution in [0, 0.1) is 0 Å². The molecule has 0 radical (unpaired) electrons. The van der Waals surface area contributed by atoms with Crippen molar-refractivity contribution in [3.63, 3.8) is 0 Å². The van der Waals surface area contributed by atoms with Crippen LogP contribution in [0.25, 0.3) is 0 Å². The van der Waals surface area contributed by atoms with E-state index in [4.69, 9.17) is 9.47 Å². The molecule has 0 bridgehead atoms. The van der Waals surface area contributed by atoms with Crippen LogP contribution >= 0.6 is 0 Å². The van der Waals surface area contributed by atoms with E-state index in [1.54, 1.807) is 0 Å². The van der Waals surface area contributed by atoms with Crippen molar-refractivity contribution in [2.24, 2.45) is 0 Å². The molecule has 0 aliphatic carbocycles. The Labute approximate surface area is 154 Å². The zero-order valence-corrected chi connectivity index (χ0v) is 15.0. The molecule has 5 heteroatoms. The number of amides is 1. The smallest absolute Gasteiger partial charge is 0.408 e. The van der Waals surface area contributed by atoms with Gasteiger partial charge in [0.25, 0.3) is 0 Å². The number of alkyl carbamates (subject to hydrolysis) is 1. The van der Waals surface area contributed by atoms with Gasteiger partial charge in [0.05, 0.1) is 12.6 Å². The van der Waals surface area contributed by atoms with Crippen molar-refractivity contribution in [1.29, 1.82) is 0 Å². The number of hydrogen-bond acceptors (Lipinski definition) is 4. The molecule has 0 aromatic heterocycles. The molecule has 5 nitrogen and oxygen atoms in total. The topological polar surface area (TPSA) is 64.6 Å². The van der Waals surface area contributed by atoms with Crippen LogP contribution in [0.3, 0.4) is 0 Å². The van der Waals surface area contributed by atoms with Crippen molar-refractivity contribution in [3.05, 3.63) is 65.7 Å². The number of nitrogens with one attached hydrogen (secondary N) is 1. The largest absolute Gasteiger partial charge is 0.494 e. The third-order valence-electron chi connectivity index (χ3n) is 3.83. The lowest BCUT2D eigenvalue weighted by molar-refractivity contribution is -0.109. The average Bonchev–Trinajstić information content (AvgIpc) is 2.68. The Kier molecular flexibility index (Phi) is 8.19. The van der Waals surface area contributed by atoms with Crippen LogP contribution in [0.4, 0.5) is 4.79 Å². The third kappa shape index (κ3) is 6.97. The van der Waals surface area contributed by atoms with Crippen LogP contribution in [0.15, 0.2) is 54.6 Å². The fraction of sp³-hybridized carbons (Fsp3) is 0.333. The number of carbonyl (C=O) groups excluding carboxylic acids is 2. The van der Waals surface area contributed by atoms with Crippen LogP contribution in [-0.2, 0) is 22.6 Å². The summed E-state index contributed by atoms with van der Waals surface area (Å²) in [6, 6.07) is 16.3. The summed E-state index contributed by atoms with van der Waals surface area (Å²) in [5, 5.41) is 2.58. The fourth-order valence-corrected chi connectivity index (χ4v) is 2.36. The zero-order chi connectivity index (χ0) is 18.6. The summed E-state index contributed by atoms with van der Waals surface area (Å²) in [4.78, 5) is 23.1. The average molecular weight is 355 g/mol. The Morgan fingerprint density at radius 3 is 2.46 bits per heavy atom. The molecule has 0 spiro atoms. The van der Waals surface area contributed by atoms with Crippen molar-refractivity contribution in [1.82, 2.24) is 5.32 Å². The zero-order valence-electron chi connectivity index (χ0n) is 15.0. The van der Waals surface area contributed by atoms with E-state index in [-0.39, 0.29) is 6.61 Å². The van der Waals surface area contributed by atoms with Crippen LogP contribution in [-0.4, -0.2) is 25.0 Å². The van der Waals surface area contributed by atoms with E-state index in [0.717, 1.165) is 36.0 Å². The molecule has 1 atom stereocenters. The lowest BCUT2D eigenvalue weighted by atomic mass is 10.1. The molecule has 138 valence electrons. The molecule has 2 rings (SSSR count). The van der Waals surface area contributed by atoms with Crippen molar-refractivity contribution in [3.8, 4) is 5.75 Å². The highest BCUT2D eigenvalue weighted by atomic mass is 16.5. The summed E-state index contributed by atoms with van der Waals surface area (Å²) in [7, 11) is 0. The van der Waals surface area contributed by atoms with Gasteiger partial charge < -0.3 is 19.6 Å². The maximum Gasteiger partial charge on any atom is 0.408 e. The van der Waals surface area contributed by atoms with Crippen molar-refractivity contribution in [2.45, 2.75) is 38.8 Å². The molecular weight excluding hydrogens is 330 g/mol. The Balaban J connectivity index is 1.78. The van der Waals surface area contributed by atoms with Crippen molar-refractivity contribution in [2.75, 3.05) is 6.61 Å². The van der Waals surface area contributed by atoms with Crippen molar-refractivity contribution < 1.29 is 19.1 Å². The van der Waals surface area contributed by atoms with E-state index >= 15 is 0 Å². The molecule has 1 N–H and O–H groups in total. The second-order valence-corrected chi connectivity index (χ2v) is 6.00. The normalized spacial score (nSPS) is 11.4. The minimum atomic E-state index is -0.634. The molecule has 0 aliphatic rings. The number of hydrogen-bond donors (Lipinski definition) is 1. The summed E-state index contributed by atoms with van der Waals surface area (Å²) in [6.45, 7) is 2.98. The molecular formula is C21H25NO4. The second-order valence-electron chi connectivity index (χ2n) is 6.00. The molecule has 1 amide bonds. The predicted molar refractivity (Wildman–Crippen MR) is 100 cm³/mol. The van der Waals surface area contributed by atoms with Gasteiger partial charge in [0.15, 0.2) is 0 Å². The second kappa shape index (κ2) is 10.9. The van der Waals surface area contributed by atoms with Crippen LogP contribution in [0.1, 0.15) is 30.9 Å². The summed E-state index contributed by atoms with van der Waals surface area (Å²) >= 11 is 0. The van der Waals surface area contributed by atoms with E-state index in [9.17, 15) is 9.59 Å². The van der Waals surface area contributed by atoms with Crippen LogP contribution in [0.2, 0.25) is 0 Å². The molecule has 2 aromatic carbocycles. The lowest BCUT2D eigenvalue weighted by Gasteiger charge is -2.13. The molecule has 0 saturated carbocycles. The number of ether oxygens (including phenoxy) is 2. The van der Waals surface area contributed by atoms with Gasteiger partial charge in [-0.2, -0.15) is 0 Å². The first kappa shape index (κ1) is 19.5. The number of aldehydes is 1. The number of carbonyl (C=O) groups is 2. The molecule has 0 heterocycles. The van der Waals surface area contributed by atoms with Gasteiger partial charge in [-0.25, -0.2) is 4.79 Å². The monoisotopic (exact) mass is 355 g/mol. The Bertz CT molecular complexity index is 670. The highest BCUT2D eigenvalue weighted by Crippen LogP contribution is 2.14. The molecule has 0 unspecified atom stereocenters.